The first kappa shape index (κ1) is 17.6. The lowest BCUT2D eigenvalue weighted by atomic mass is 10.1. The summed E-state index contributed by atoms with van der Waals surface area (Å²) in [6, 6.07) is 7.60. The Morgan fingerprint density at radius 3 is 2.81 bits per heavy atom. The minimum Gasteiger partial charge on any atom is -0.423 e. The van der Waals surface area contributed by atoms with Crippen molar-refractivity contribution in [2.45, 2.75) is 12.5 Å². The molecule has 140 valence electrons. The zero-order valence-electron chi connectivity index (χ0n) is 14.5. The molecule has 0 spiro atoms. The first-order valence-corrected chi connectivity index (χ1v) is 10.4. The molecule has 1 aromatic carbocycles. The van der Waals surface area contributed by atoms with E-state index in [4.69, 9.17) is 10.2 Å². The molecule has 0 saturated carbocycles. The molecule has 1 unspecified atom stereocenters. The van der Waals surface area contributed by atoms with Crippen LogP contribution >= 0.6 is 11.3 Å². The first-order valence-electron chi connectivity index (χ1n) is 7.94. The number of sulfonamides is 1. The van der Waals surface area contributed by atoms with Gasteiger partial charge in [0.2, 0.25) is 28.3 Å². The number of guanidine groups is 1. The van der Waals surface area contributed by atoms with E-state index in [1.165, 1.54) is 24.8 Å². The fraction of sp³-hybridized carbons (Fsp3) is 0.250. The maximum atomic E-state index is 12.4. The lowest BCUT2D eigenvalue weighted by Crippen LogP contribution is -2.50. The zero-order valence-corrected chi connectivity index (χ0v) is 16.2. The van der Waals surface area contributed by atoms with E-state index < -0.39 is 15.6 Å². The summed E-state index contributed by atoms with van der Waals surface area (Å²) < 4.78 is 30.9. The SMILES string of the molecule is CN1C(N)=NC(C)(c2ncc(-c3cccc(-c4nnco4)c3)s2)CS1(=O)=O. The summed E-state index contributed by atoms with van der Waals surface area (Å²) in [6.45, 7) is 1.72. The van der Waals surface area contributed by atoms with E-state index in [-0.39, 0.29) is 11.7 Å². The monoisotopic (exact) mass is 404 g/mol. The standard InChI is InChI=1S/C16H16N6O3S2/c1-16(8-27(23,24)22(2)15(17)20-16)14-18-7-12(26-14)10-4-3-5-11(6-10)13-21-19-9-25-13/h3-7,9H,8H2,1-2H3,(H2,17,20). The number of aliphatic imine (C=N–C) groups is 1. The van der Waals surface area contributed by atoms with Gasteiger partial charge in [0.05, 0.1) is 4.88 Å². The molecule has 1 aliphatic heterocycles. The summed E-state index contributed by atoms with van der Waals surface area (Å²) in [5.41, 5.74) is 6.48. The Kier molecular flexibility index (Phi) is 4.00. The second kappa shape index (κ2) is 6.13. The molecule has 4 rings (SSSR count). The van der Waals surface area contributed by atoms with E-state index in [0.29, 0.717) is 10.9 Å². The van der Waals surface area contributed by atoms with Crippen molar-refractivity contribution in [3.05, 3.63) is 41.9 Å². The number of rotatable bonds is 3. The van der Waals surface area contributed by atoms with Crippen LogP contribution < -0.4 is 5.73 Å². The van der Waals surface area contributed by atoms with Crippen molar-refractivity contribution in [3.63, 3.8) is 0 Å². The number of aromatic nitrogens is 3. The molecule has 27 heavy (non-hydrogen) atoms. The van der Waals surface area contributed by atoms with Gasteiger partial charge in [0, 0.05) is 18.8 Å². The van der Waals surface area contributed by atoms with E-state index >= 15 is 0 Å². The molecular weight excluding hydrogens is 388 g/mol. The summed E-state index contributed by atoms with van der Waals surface area (Å²) in [6.07, 6.45) is 2.98. The van der Waals surface area contributed by atoms with Crippen molar-refractivity contribution < 1.29 is 12.8 Å². The summed E-state index contributed by atoms with van der Waals surface area (Å²) >= 11 is 1.38. The summed E-state index contributed by atoms with van der Waals surface area (Å²) in [5.74, 6) is 0.192. The average Bonchev–Trinajstić information content (AvgIpc) is 3.31. The Morgan fingerprint density at radius 1 is 1.33 bits per heavy atom. The molecule has 11 heteroatoms. The number of benzene rings is 1. The molecule has 3 aromatic rings. The van der Waals surface area contributed by atoms with E-state index in [0.717, 1.165) is 20.3 Å². The lowest BCUT2D eigenvalue weighted by Gasteiger charge is -2.32. The van der Waals surface area contributed by atoms with Crippen LogP contribution in [0.1, 0.15) is 11.9 Å². The molecule has 0 radical (unpaired) electrons. The van der Waals surface area contributed by atoms with Crippen LogP contribution in [0, 0.1) is 0 Å². The molecule has 0 bridgehead atoms. The summed E-state index contributed by atoms with van der Waals surface area (Å²) in [4.78, 5) is 9.68. The van der Waals surface area contributed by atoms with Gasteiger partial charge in [-0.05, 0) is 24.6 Å². The maximum absolute atomic E-state index is 12.4. The average molecular weight is 404 g/mol. The minimum atomic E-state index is -3.54. The highest BCUT2D eigenvalue weighted by Gasteiger charge is 2.42. The van der Waals surface area contributed by atoms with Gasteiger partial charge in [-0.15, -0.1) is 21.5 Å². The molecule has 3 heterocycles. The van der Waals surface area contributed by atoms with Crippen LogP contribution in [0.25, 0.3) is 21.9 Å². The van der Waals surface area contributed by atoms with E-state index in [1.54, 1.807) is 13.1 Å². The van der Waals surface area contributed by atoms with Crippen molar-refractivity contribution in [1.29, 1.82) is 0 Å². The van der Waals surface area contributed by atoms with Gasteiger partial charge in [-0.25, -0.2) is 22.7 Å². The van der Waals surface area contributed by atoms with Gasteiger partial charge in [-0.3, -0.25) is 0 Å². The summed E-state index contributed by atoms with van der Waals surface area (Å²) in [7, 11) is -2.15. The van der Waals surface area contributed by atoms with Crippen LogP contribution in [0.2, 0.25) is 0 Å². The second-order valence-corrected chi connectivity index (χ2v) is 9.35. The van der Waals surface area contributed by atoms with Crippen LogP contribution in [-0.4, -0.2) is 46.7 Å². The fourth-order valence-electron chi connectivity index (χ4n) is 2.82. The highest BCUT2D eigenvalue weighted by molar-refractivity contribution is 7.89. The molecule has 0 aliphatic carbocycles. The molecule has 2 aromatic heterocycles. The second-order valence-electron chi connectivity index (χ2n) is 6.32. The number of hydrogen-bond donors (Lipinski definition) is 1. The van der Waals surface area contributed by atoms with Crippen molar-refractivity contribution in [2.24, 2.45) is 10.7 Å². The zero-order chi connectivity index (χ0) is 19.2. The Bertz CT molecular complexity index is 1120. The predicted molar refractivity (Wildman–Crippen MR) is 101 cm³/mol. The summed E-state index contributed by atoms with van der Waals surface area (Å²) in [5, 5.41) is 8.18. The largest absolute Gasteiger partial charge is 0.423 e. The predicted octanol–water partition coefficient (Wildman–Crippen LogP) is 1.67. The van der Waals surface area contributed by atoms with Gasteiger partial charge < -0.3 is 10.2 Å². The molecule has 0 saturated heterocycles. The van der Waals surface area contributed by atoms with Gasteiger partial charge >= 0.3 is 0 Å². The van der Waals surface area contributed by atoms with Crippen LogP contribution in [0.15, 0.2) is 46.3 Å². The third kappa shape index (κ3) is 3.08. The molecule has 2 N–H and O–H groups in total. The number of nitrogens with two attached hydrogens (primary N) is 1. The molecular formula is C16H16N6O3S2. The molecule has 0 amide bonds. The van der Waals surface area contributed by atoms with E-state index in [2.05, 4.69) is 20.2 Å². The quantitative estimate of drug-likeness (QED) is 0.703. The molecule has 1 atom stereocenters. The van der Waals surface area contributed by atoms with Gasteiger partial charge in [0.25, 0.3) is 0 Å². The van der Waals surface area contributed by atoms with Crippen LogP contribution in [0.3, 0.4) is 0 Å². The molecule has 1 aliphatic rings. The number of thiazole rings is 1. The van der Waals surface area contributed by atoms with Gasteiger partial charge in [-0.1, -0.05) is 12.1 Å². The molecule has 9 nitrogen and oxygen atoms in total. The lowest BCUT2D eigenvalue weighted by molar-refractivity contribution is 0.475. The van der Waals surface area contributed by atoms with Crippen molar-refractivity contribution in [1.82, 2.24) is 19.5 Å². The Labute approximate surface area is 159 Å². The van der Waals surface area contributed by atoms with Crippen LogP contribution in [0.5, 0.6) is 0 Å². The van der Waals surface area contributed by atoms with Crippen molar-refractivity contribution >= 4 is 27.3 Å². The number of nitrogens with zero attached hydrogens (tertiary/aromatic N) is 5. The van der Waals surface area contributed by atoms with Gasteiger partial charge in [0.1, 0.15) is 16.3 Å². The highest BCUT2D eigenvalue weighted by atomic mass is 32.2. The van der Waals surface area contributed by atoms with E-state index in [1.807, 2.05) is 24.3 Å². The smallest absolute Gasteiger partial charge is 0.247 e. The highest BCUT2D eigenvalue weighted by Crippen LogP contribution is 2.37. The van der Waals surface area contributed by atoms with Crippen LogP contribution in [-0.2, 0) is 15.6 Å². The van der Waals surface area contributed by atoms with Crippen LogP contribution in [0.4, 0.5) is 0 Å². The van der Waals surface area contributed by atoms with Crippen molar-refractivity contribution in [2.75, 3.05) is 12.8 Å². The minimum absolute atomic E-state index is 0.0427. The fourth-order valence-corrected chi connectivity index (χ4v) is 5.34. The topological polar surface area (TPSA) is 128 Å². The van der Waals surface area contributed by atoms with Crippen molar-refractivity contribution in [3.8, 4) is 21.9 Å². The Morgan fingerprint density at radius 2 is 2.11 bits per heavy atom. The van der Waals surface area contributed by atoms with E-state index in [9.17, 15) is 8.42 Å². The Hall–Kier alpha value is -2.79. The normalized spacial score (nSPS) is 21.9. The molecule has 0 fully saturated rings. The van der Waals surface area contributed by atoms with Gasteiger partial charge in [0.15, 0.2) is 0 Å². The Balaban J connectivity index is 1.72. The van der Waals surface area contributed by atoms with Gasteiger partial charge in [-0.2, -0.15) is 0 Å². The number of hydrogen-bond acceptors (Lipinski definition) is 9. The maximum Gasteiger partial charge on any atom is 0.247 e. The third-order valence-electron chi connectivity index (χ3n) is 4.29. The first-order chi connectivity index (χ1) is 12.8. The third-order valence-corrected chi connectivity index (χ3v) is 7.53.